The average Bonchev–Trinajstić information content (AvgIpc) is 2.37. The third-order valence-electron chi connectivity index (χ3n) is 2.42. The van der Waals surface area contributed by atoms with Crippen molar-refractivity contribution in [1.82, 2.24) is 5.32 Å². The molecule has 8 heteroatoms. The van der Waals surface area contributed by atoms with Crippen LogP contribution in [0.2, 0.25) is 0 Å². The number of alkyl halides is 3. The maximum Gasteiger partial charge on any atom is 0.448 e. The molecule has 0 aromatic heterocycles. The Kier molecular flexibility index (Phi) is 4.72. The van der Waals surface area contributed by atoms with Crippen LogP contribution in [-0.4, -0.2) is 36.0 Å². The second-order valence-corrected chi connectivity index (χ2v) is 3.91. The zero-order valence-electron chi connectivity index (χ0n) is 10.4. The van der Waals surface area contributed by atoms with Gasteiger partial charge >= 0.3 is 17.9 Å². The topological polar surface area (TPSA) is 75.6 Å². The maximum atomic E-state index is 12.7. The standard InChI is InChI=1S/C12H12F3NO4/c1-20-10(18)11(19,12(13,14)15)16-9(17)7-8-5-3-2-4-6-8/h2-6,19H,7H2,1H3,(H,16,17). The molecule has 0 bridgehead atoms. The highest BCUT2D eigenvalue weighted by atomic mass is 19.4. The summed E-state index contributed by atoms with van der Waals surface area (Å²) in [6, 6.07) is 7.90. The second-order valence-electron chi connectivity index (χ2n) is 3.91. The Morgan fingerprint density at radius 2 is 1.80 bits per heavy atom. The van der Waals surface area contributed by atoms with E-state index < -0.39 is 30.2 Å². The van der Waals surface area contributed by atoms with E-state index in [9.17, 15) is 27.9 Å². The lowest BCUT2D eigenvalue weighted by atomic mass is 10.1. The van der Waals surface area contributed by atoms with Crippen LogP contribution in [-0.2, 0) is 20.7 Å². The zero-order chi connectivity index (χ0) is 15.4. The summed E-state index contributed by atoms with van der Waals surface area (Å²) in [4.78, 5) is 22.6. The molecule has 0 spiro atoms. The van der Waals surface area contributed by atoms with E-state index in [1.54, 1.807) is 18.2 Å². The van der Waals surface area contributed by atoms with Gasteiger partial charge in [-0.05, 0) is 5.56 Å². The predicted molar refractivity (Wildman–Crippen MR) is 61.3 cm³/mol. The molecule has 20 heavy (non-hydrogen) atoms. The zero-order valence-corrected chi connectivity index (χ0v) is 10.4. The van der Waals surface area contributed by atoms with Gasteiger partial charge in [-0.3, -0.25) is 4.79 Å². The smallest absolute Gasteiger partial charge is 0.448 e. The first-order chi connectivity index (χ1) is 9.20. The van der Waals surface area contributed by atoms with E-state index >= 15 is 0 Å². The third-order valence-corrected chi connectivity index (χ3v) is 2.42. The van der Waals surface area contributed by atoms with Gasteiger partial charge in [0, 0.05) is 0 Å². The molecule has 1 atom stereocenters. The van der Waals surface area contributed by atoms with Crippen LogP contribution in [0.1, 0.15) is 5.56 Å². The van der Waals surface area contributed by atoms with Crippen molar-refractivity contribution in [2.75, 3.05) is 7.11 Å². The molecule has 0 saturated heterocycles. The van der Waals surface area contributed by atoms with Crippen LogP contribution < -0.4 is 5.32 Å². The van der Waals surface area contributed by atoms with Crippen molar-refractivity contribution in [3.8, 4) is 0 Å². The van der Waals surface area contributed by atoms with Crippen molar-refractivity contribution < 1.29 is 32.6 Å². The number of amides is 1. The summed E-state index contributed by atoms with van der Waals surface area (Å²) in [6.45, 7) is 0. The number of rotatable bonds is 4. The molecule has 1 aromatic carbocycles. The van der Waals surface area contributed by atoms with Crippen molar-refractivity contribution in [3.05, 3.63) is 35.9 Å². The van der Waals surface area contributed by atoms with E-state index in [0.29, 0.717) is 12.7 Å². The molecule has 0 fully saturated rings. The lowest BCUT2D eigenvalue weighted by Gasteiger charge is -2.28. The third kappa shape index (κ3) is 3.47. The number of benzene rings is 1. The maximum absolute atomic E-state index is 12.7. The van der Waals surface area contributed by atoms with Crippen molar-refractivity contribution in [3.63, 3.8) is 0 Å². The molecule has 0 aliphatic carbocycles. The number of halogens is 3. The van der Waals surface area contributed by atoms with Crippen LogP contribution in [0, 0.1) is 0 Å². The Balaban J connectivity index is 2.86. The summed E-state index contributed by atoms with van der Waals surface area (Å²) < 4.78 is 41.9. The summed E-state index contributed by atoms with van der Waals surface area (Å²) in [5.74, 6) is -3.17. The van der Waals surface area contributed by atoms with Gasteiger partial charge in [0.25, 0.3) is 0 Å². The van der Waals surface area contributed by atoms with Gasteiger partial charge in [0.15, 0.2) is 0 Å². The molecule has 1 amide bonds. The Hall–Kier alpha value is -2.09. The number of carbonyl (C=O) groups excluding carboxylic acids is 2. The summed E-state index contributed by atoms with van der Waals surface area (Å²) in [6.07, 6.45) is -5.82. The SMILES string of the molecule is COC(=O)C(O)(NC(=O)Cc1ccccc1)C(F)(F)F. The summed E-state index contributed by atoms with van der Waals surface area (Å²) in [5.41, 5.74) is -3.63. The van der Waals surface area contributed by atoms with Gasteiger partial charge in [-0.15, -0.1) is 0 Å². The van der Waals surface area contributed by atoms with Crippen molar-refractivity contribution >= 4 is 11.9 Å². The Morgan fingerprint density at radius 3 is 2.25 bits per heavy atom. The van der Waals surface area contributed by atoms with Crippen molar-refractivity contribution in [2.45, 2.75) is 18.3 Å². The van der Waals surface area contributed by atoms with E-state index in [-0.39, 0.29) is 0 Å². The highest BCUT2D eigenvalue weighted by Gasteiger charge is 2.62. The quantitative estimate of drug-likeness (QED) is 0.634. The first kappa shape index (κ1) is 16.0. The number of hydrogen-bond donors (Lipinski definition) is 2. The van der Waals surface area contributed by atoms with E-state index in [4.69, 9.17) is 0 Å². The number of nitrogens with one attached hydrogen (secondary N) is 1. The molecule has 0 aliphatic heterocycles. The van der Waals surface area contributed by atoms with Gasteiger partial charge in [0.05, 0.1) is 13.5 Å². The number of carbonyl (C=O) groups is 2. The monoisotopic (exact) mass is 291 g/mol. The lowest BCUT2D eigenvalue weighted by Crippen LogP contribution is -2.64. The van der Waals surface area contributed by atoms with Crippen molar-refractivity contribution in [1.29, 1.82) is 0 Å². The molecule has 2 N–H and O–H groups in total. The van der Waals surface area contributed by atoms with Crippen LogP contribution in [0.15, 0.2) is 30.3 Å². The van der Waals surface area contributed by atoms with E-state index in [1.807, 2.05) is 0 Å². The number of methoxy groups -OCH3 is 1. The molecular weight excluding hydrogens is 279 g/mol. The average molecular weight is 291 g/mol. The highest BCUT2D eigenvalue weighted by molar-refractivity contribution is 5.88. The lowest BCUT2D eigenvalue weighted by molar-refractivity contribution is -0.270. The Morgan fingerprint density at radius 1 is 1.25 bits per heavy atom. The number of aliphatic hydroxyl groups is 1. The van der Waals surface area contributed by atoms with Crippen molar-refractivity contribution in [2.24, 2.45) is 0 Å². The highest BCUT2D eigenvalue weighted by Crippen LogP contribution is 2.29. The summed E-state index contributed by atoms with van der Waals surface area (Å²) in [5, 5.41) is 10.6. The molecule has 0 aliphatic rings. The van der Waals surface area contributed by atoms with Gasteiger partial charge < -0.3 is 15.2 Å². The number of esters is 1. The molecule has 110 valence electrons. The van der Waals surface area contributed by atoms with Gasteiger partial charge in [-0.2, -0.15) is 13.2 Å². The van der Waals surface area contributed by atoms with Gasteiger partial charge in [0.1, 0.15) is 0 Å². The number of hydrogen-bond acceptors (Lipinski definition) is 4. The summed E-state index contributed by atoms with van der Waals surface area (Å²) in [7, 11) is 0.669. The van der Waals surface area contributed by atoms with Crippen LogP contribution in [0.4, 0.5) is 13.2 Å². The Labute approximate surface area is 112 Å². The fourth-order valence-corrected chi connectivity index (χ4v) is 1.41. The number of ether oxygens (including phenoxy) is 1. The van der Waals surface area contributed by atoms with E-state index in [2.05, 4.69) is 4.74 Å². The predicted octanol–water partition coefficient (Wildman–Crippen LogP) is 0.769. The minimum Gasteiger partial charge on any atom is -0.465 e. The van der Waals surface area contributed by atoms with Crippen LogP contribution in [0.5, 0.6) is 0 Å². The van der Waals surface area contributed by atoms with Crippen LogP contribution >= 0.6 is 0 Å². The molecular formula is C12H12F3NO4. The molecule has 1 rings (SSSR count). The normalized spacial score (nSPS) is 14.2. The first-order valence-electron chi connectivity index (χ1n) is 5.43. The molecule has 0 radical (unpaired) electrons. The molecule has 0 heterocycles. The first-order valence-corrected chi connectivity index (χ1v) is 5.43. The minimum atomic E-state index is -5.40. The van der Waals surface area contributed by atoms with Crippen LogP contribution in [0.3, 0.4) is 0 Å². The van der Waals surface area contributed by atoms with Gasteiger partial charge in [-0.25, -0.2) is 4.79 Å². The summed E-state index contributed by atoms with van der Waals surface area (Å²) >= 11 is 0. The molecule has 0 saturated carbocycles. The Bertz CT molecular complexity index is 489. The molecule has 1 unspecified atom stereocenters. The fourth-order valence-electron chi connectivity index (χ4n) is 1.41. The minimum absolute atomic E-state index is 0.420. The largest absolute Gasteiger partial charge is 0.465 e. The van der Waals surface area contributed by atoms with Gasteiger partial charge in [-0.1, -0.05) is 30.3 Å². The van der Waals surface area contributed by atoms with Crippen LogP contribution in [0.25, 0.3) is 0 Å². The molecule has 1 aromatic rings. The fraction of sp³-hybridized carbons (Fsp3) is 0.333. The molecule has 5 nitrogen and oxygen atoms in total. The van der Waals surface area contributed by atoms with Gasteiger partial charge in [0.2, 0.25) is 5.91 Å². The van der Waals surface area contributed by atoms with E-state index in [1.165, 1.54) is 17.4 Å². The van der Waals surface area contributed by atoms with E-state index in [0.717, 1.165) is 0 Å². The second kappa shape index (κ2) is 5.91.